The number of piperazine rings is 1. The zero-order valence-corrected chi connectivity index (χ0v) is 17.0. The zero-order valence-electron chi connectivity index (χ0n) is 14.6. The third-order valence-corrected chi connectivity index (χ3v) is 5.73. The molecule has 1 aliphatic rings. The summed E-state index contributed by atoms with van der Waals surface area (Å²) in [5.41, 5.74) is 0.536. The summed E-state index contributed by atoms with van der Waals surface area (Å²) in [7, 11) is 0. The van der Waals surface area contributed by atoms with E-state index in [9.17, 15) is 13.9 Å². The van der Waals surface area contributed by atoms with Crippen molar-refractivity contribution in [3.05, 3.63) is 59.1 Å². The van der Waals surface area contributed by atoms with Gasteiger partial charge < -0.3 is 10.4 Å². The molecular formula is C19H22Cl2F2N2OS. The SMILES string of the molecule is Cl.OCC(F)(F)[C@H](c1ccccc1Sc1ccc(Cl)cc1)N1CCNCC1. The number of rotatable bonds is 6. The Hall–Kier alpha value is -0.890. The van der Waals surface area contributed by atoms with E-state index < -0.39 is 18.6 Å². The Morgan fingerprint density at radius 2 is 1.74 bits per heavy atom. The molecule has 2 N–H and O–H groups in total. The first-order chi connectivity index (χ1) is 12.5. The molecule has 1 atom stereocenters. The predicted octanol–water partition coefficient (Wildman–Crippen LogP) is 4.49. The van der Waals surface area contributed by atoms with E-state index in [0.717, 1.165) is 9.79 Å². The molecule has 0 aliphatic carbocycles. The van der Waals surface area contributed by atoms with Crippen molar-refractivity contribution in [3.63, 3.8) is 0 Å². The molecule has 1 aliphatic heterocycles. The summed E-state index contributed by atoms with van der Waals surface area (Å²) in [6.45, 7) is 1.16. The van der Waals surface area contributed by atoms with Crippen molar-refractivity contribution in [1.29, 1.82) is 0 Å². The Labute approximate surface area is 173 Å². The van der Waals surface area contributed by atoms with E-state index >= 15 is 0 Å². The summed E-state index contributed by atoms with van der Waals surface area (Å²) in [4.78, 5) is 3.44. The van der Waals surface area contributed by atoms with Crippen LogP contribution in [0.4, 0.5) is 8.78 Å². The van der Waals surface area contributed by atoms with Gasteiger partial charge in [-0.1, -0.05) is 41.6 Å². The van der Waals surface area contributed by atoms with Crippen molar-refractivity contribution in [2.45, 2.75) is 21.8 Å². The van der Waals surface area contributed by atoms with Gasteiger partial charge in [0, 0.05) is 41.0 Å². The molecule has 2 aromatic rings. The van der Waals surface area contributed by atoms with Crippen LogP contribution in [0.5, 0.6) is 0 Å². The number of aliphatic hydroxyl groups is 1. The minimum absolute atomic E-state index is 0. The van der Waals surface area contributed by atoms with E-state index in [-0.39, 0.29) is 12.4 Å². The second-order valence-corrected chi connectivity index (χ2v) is 7.75. The maximum absolute atomic E-state index is 14.7. The number of aliphatic hydroxyl groups excluding tert-OH is 1. The number of hydrogen-bond acceptors (Lipinski definition) is 4. The highest BCUT2D eigenvalue weighted by atomic mass is 35.5. The Morgan fingerprint density at radius 1 is 1.11 bits per heavy atom. The largest absolute Gasteiger partial charge is 0.390 e. The molecule has 148 valence electrons. The molecule has 0 bridgehead atoms. The van der Waals surface area contributed by atoms with Crippen molar-refractivity contribution in [2.24, 2.45) is 0 Å². The van der Waals surface area contributed by atoms with Gasteiger partial charge in [0.25, 0.3) is 5.92 Å². The van der Waals surface area contributed by atoms with Gasteiger partial charge in [-0.05, 0) is 35.9 Å². The first kappa shape index (κ1) is 22.4. The fraction of sp³-hybridized carbons (Fsp3) is 0.368. The lowest BCUT2D eigenvalue weighted by Gasteiger charge is -2.39. The van der Waals surface area contributed by atoms with Crippen molar-refractivity contribution in [1.82, 2.24) is 10.2 Å². The van der Waals surface area contributed by atoms with Gasteiger partial charge in [0.2, 0.25) is 0 Å². The lowest BCUT2D eigenvalue weighted by atomic mass is 9.98. The van der Waals surface area contributed by atoms with Gasteiger partial charge in [-0.3, -0.25) is 4.90 Å². The summed E-state index contributed by atoms with van der Waals surface area (Å²) in [5.74, 6) is -3.23. The third kappa shape index (κ3) is 5.56. The number of nitrogens with one attached hydrogen (secondary N) is 1. The van der Waals surface area contributed by atoms with Gasteiger partial charge in [0.05, 0.1) is 0 Å². The molecule has 0 aromatic heterocycles. The average molecular weight is 435 g/mol. The number of alkyl halides is 2. The van der Waals surface area contributed by atoms with Crippen LogP contribution >= 0.6 is 35.8 Å². The monoisotopic (exact) mass is 434 g/mol. The number of halogens is 4. The van der Waals surface area contributed by atoms with Crippen molar-refractivity contribution in [3.8, 4) is 0 Å². The van der Waals surface area contributed by atoms with E-state index in [4.69, 9.17) is 11.6 Å². The van der Waals surface area contributed by atoms with Crippen molar-refractivity contribution >= 4 is 35.8 Å². The topological polar surface area (TPSA) is 35.5 Å². The second kappa shape index (κ2) is 10.0. The predicted molar refractivity (Wildman–Crippen MR) is 108 cm³/mol. The molecule has 0 amide bonds. The maximum atomic E-state index is 14.7. The van der Waals surface area contributed by atoms with Gasteiger partial charge in [0.1, 0.15) is 12.6 Å². The Kier molecular flexibility index (Phi) is 8.34. The molecule has 0 unspecified atom stereocenters. The third-order valence-electron chi connectivity index (χ3n) is 4.38. The van der Waals surface area contributed by atoms with Gasteiger partial charge >= 0.3 is 0 Å². The van der Waals surface area contributed by atoms with E-state index in [1.54, 1.807) is 29.2 Å². The smallest absolute Gasteiger partial charge is 0.289 e. The van der Waals surface area contributed by atoms with Crippen molar-refractivity contribution in [2.75, 3.05) is 32.8 Å². The fourth-order valence-electron chi connectivity index (χ4n) is 3.15. The molecular weight excluding hydrogens is 413 g/mol. The van der Waals surface area contributed by atoms with Gasteiger partial charge in [0.15, 0.2) is 0 Å². The van der Waals surface area contributed by atoms with Crippen LogP contribution in [0.1, 0.15) is 11.6 Å². The van der Waals surface area contributed by atoms with Crippen LogP contribution in [-0.2, 0) is 0 Å². The molecule has 0 radical (unpaired) electrons. The van der Waals surface area contributed by atoms with Crippen LogP contribution < -0.4 is 5.32 Å². The summed E-state index contributed by atoms with van der Waals surface area (Å²) >= 11 is 7.35. The van der Waals surface area contributed by atoms with Gasteiger partial charge in [-0.2, -0.15) is 0 Å². The molecule has 1 saturated heterocycles. The second-order valence-electron chi connectivity index (χ2n) is 6.20. The zero-order chi connectivity index (χ0) is 18.6. The quantitative estimate of drug-likeness (QED) is 0.701. The highest BCUT2D eigenvalue weighted by molar-refractivity contribution is 7.99. The molecule has 3 rings (SSSR count). The summed E-state index contributed by atoms with van der Waals surface area (Å²) in [6, 6.07) is 13.3. The van der Waals surface area contributed by atoms with E-state index in [0.29, 0.717) is 36.8 Å². The lowest BCUT2D eigenvalue weighted by molar-refractivity contribution is -0.119. The highest BCUT2D eigenvalue weighted by Crippen LogP contribution is 2.42. The molecule has 2 aromatic carbocycles. The van der Waals surface area contributed by atoms with Gasteiger partial charge in [-0.15, -0.1) is 12.4 Å². The average Bonchev–Trinajstić information content (AvgIpc) is 2.66. The minimum Gasteiger partial charge on any atom is -0.390 e. The maximum Gasteiger partial charge on any atom is 0.289 e. The van der Waals surface area contributed by atoms with Crippen LogP contribution in [-0.4, -0.2) is 48.7 Å². The van der Waals surface area contributed by atoms with Crippen LogP contribution in [0.15, 0.2) is 58.3 Å². The summed E-state index contributed by atoms with van der Waals surface area (Å²) < 4.78 is 29.4. The molecule has 0 spiro atoms. The first-order valence-corrected chi connectivity index (χ1v) is 9.66. The Morgan fingerprint density at radius 3 is 2.37 bits per heavy atom. The summed E-state index contributed by atoms with van der Waals surface area (Å²) in [5, 5.41) is 13.2. The molecule has 0 saturated carbocycles. The fourth-order valence-corrected chi connectivity index (χ4v) is 4.24. The molecule has 1 fully saturated rings. The van der Waals surface area contributed by atoms with Crippen LogP contribution in [0.25, 0.3) is 0 Å². The normalized spacial score (nSPS) is 16.6. The molecule has 3 nitrogen and oxygen atoms in total. The Balaban J connectivity index is 0.00000261. The van der Waals surface area contributed by atoms with E-state index in [1.165, 1.54) is 11.8 Å². The number of nitrogens with zero attached hydrogens (tertiary/aromatic N) is 1. The molecule has 27 heavy (non-hydrogen) atoms. The summed E-state index contributed by atoms with van der Waals surface area (Å²) in [6.07, 6.45) is 0. The molecule has 8 heteroatoms. The minimum atomic E-state index is -3.23. The van der Waals surface area contributed by atoms with Crippen LogP contribution in [0, 0.1) is 0 Å². The molecule has 1 heterocycles. The Bertz CT molecular complexity index is 728. The van der Waals surface area contributed by atoms with Gasteiger partial charge in [-0.25, -0.2) is 8.78 Å². The van der Waals surface area contributed by atoms with Crippen molar-refractivity contribution < 1.29 is 13.9 Å². The first-order valence-electron chi connectivity index (χ1n) is 8.47. The van der Waals surface area contributed by atoms with Crippen LogP contribution in [0.3, 0.4) is 0 Å². The van der Waals surface area contributed by atoms with E-state index in [2.05, 4.69) is 5.32 Å². The highest BCUT2D eigenvalue weighted by Gasteiger charge is 2.44. The lowest BCUT2D eigenvalue weighted by Crippen LogP contribution is -2.51. The number of hydrogen-bond donors (Lipinski definition) is 2. The van der Waals surface area contributed by atoms with Crippen LogP contribution in [0.2, 0.25) is 5.02 Å². The van der Waals surface area contributed by atoms with E-state index in [1.807, 2.05) is 24.3 Å². The standard InChI is InChI=1S/C19H21ClF2N2OS.ClH/c20-14-5-7-15(8-6-14)26-17-4-2-1-3-16(17)18(19(21,22)13-25)24-11-9-23-10-12-24;/h1-8,18,23,25H,9-13H2;1H/t18-;/m0./s1. The number of benzene rings is 2.